The summed E-state index contributed by atoms with van der Waals surface area (Å²) in [6.45, 7) is 22.4. The van der Waals surface area contributed by atoms with Crippen molar-refractivity contribution in [3.63, 3.8) is 0 Å². The van der Waals surface area contributed by atoms with Gasteiger partial charge in [-0.05, 0) is 133 Å². The first-order valence-corrected chi connectivity index (χ1v) is 21.9. The Bertz CT molecular complexity index is 1620. The molecule has 0 spiro atoms. The molecule has 1 aliphatic heterocycles. The third-order valence-corrected chi connectivity index (χ3v) is 18.0. The predicted octanol–water partition coefficient (Wildman–Crippen LogP) is 8.15. The number of hydrogen-bond acceptors (Lipinski definition) is 6. The number of allylic oxidation sites excluding steroid dienone is 2. The lowest BCUT2D eigenvalue weighted by molar-refractivity contribution is -0.192. The van der Waals surface area contributed by atoms with Crippen LogP contribution in [0.5, 0.6) is 0 Å². The fourth-order valence-corrected chi connectivity index (χ4v) is 13.8. The molecule has 8 heteroatoms. The van der Waals surface area contributed by atoms with E-state index in [0.717, 1.165) is 68.7 Å². The van der Waals surface area contributed by atoms with Crippen LogP contribution in [0.1, 0.15) is 129 Å². The lowest BCUT2D eigenvalue weighted by Crippen LogP contribution is -2.64. The number of carbonyl (C=O) groups is 2. The number of nitrogens with zero attached hydrogens (tertiary/aromatic N) is 1. The average molecular weight is 723 g/mol. The Morgan fingerprint density at radius 2 is 1.61 bits per heavy atom. The van der Waals surface area contributed by atoms with Crippen LogP contribution in [-0.2, 0) is 14.6 Å². The van der Waals surface area contributed by atoms with Gasteiger partial charge >= 0.3 is 5.97 Å². The Balaban J connectivity index is 1.24. The first-order chi connectivity index (χ1) is 23.8. The summed E-state index contributed by atoms with van der Waals surface area (Å²) in [6, 6.07) is 7.09. The number of rotatable bonds is 10. The van der Waals surface area contributed by atoms with Gasteiger partial charge in [-0.3, -0.25) is 4.79 Å². The van der Waals surface area contributed by atoms with Crippen LogP contribution < -0.4 is 5.32 Å². The van der Waals surface area contributed by atoms with Crippen LogP contribution in [0.15, 0.2) is 30.3 Å². The lowest BCUT2D eigenvalue weighted by atomic mass is 9.35. The number of ketones is 1. The van der Waals surface area contributed by atoms with E-state index in [-0.39, 0.29) is 50.6 Å². The van der Waals surface area contributed by atoms with Gasteiger partial charge in [-0.25, -0.2) is 13.2 Å². The molecule has 2 N–H and O–H groups in total. The van der Waals surface area contributed by atoms with E-state index < -0.39 is 21.2 Å². The van der Waals surface area contributed by atoms with Crippen LogP contribution >= 0.6 is 0 Å². The number of sulfone groups is 1. The molecule has 284 valence electrons. The van der Waals surface area contributed by atoms with Gasteiger partial charge in [0.1, 0.15) is 0 Å². The summed E-state index contributed by atoms with van der Waals surface area (Å²) in [5, 5.41) is 13.6. The minimum absolute atomic E-state index is 0.0344. The molecule has 8 atom stereocenters. The van der Waals surface area contributed by atoms with Crippen molar-refractivity contribution in [1.29, 1.82) is 0 Å². The zero-order valence-corrected chi connectivity index (χ0v) is 33.6. The number of carboxylic acid groups (broad SMARTS) is 1. The fourth-order valence-electron chi connectivity index (χ4n) is 12.5. The molecule has 1 aromatic rings. The number of carbonyl (C=O) groups excluding carboxylic acids is 1. The standard InChI is InChI=1S/C43H66N2O5S/c1-29(2)33-15-18-43(28-33,44-21-22-45-23-25-51(49,50)26-24-45)20-19-40(6)30(3)9-14-36-41(40,7)17-16-35-39(4,5)34(27-37(46)42(35,36)8)31-10-12-32(13-11-31)38(47)48/h10-13,27,29-30,33,35-36,44H,9,14-26,28H2,1-8H3,(H,47,48)/t30-,33+,35-,36-,40+,41+,42-,43-/m0/s1. The Morgan fingerprint density at radius 1 is 0.941 bits per heavy atom. The molecule has 1 heterocycles. The summed E-state index contributed by atoms with van der Waals surface area (Å²) in [5.41, 5.74) is 1.82. The molecule has 1 saturated heterocycles. The second-order valence-corrected chi connectivity index (χ2v) is 21.5. The molecule has 1 aromatic carbocycles. The maximum Gasteiger partial charge on any atom is 0.335 e. The molecule has 0 bridgehead atoms. The van der Waals surface area contributed by atoms with E-state index in [1.165, 1.54) is 19.3 Å². The van der Waals surface area contributed by atoms with Crippen LogP contribution in [0.4, 0.5) is 0 Å². The average Bonchev–Trinajstić information content (AvgIpc) is 3.50. The number of nitrogens with one attached hydrogen (secondary N) is 1. The third-order valence-electron chi connectivity index (χ3n) is 16.3. The molecule has 4 fully saturated rings. The molecule has 7 nitrogen and oxygen atoms in total. The van der Waals surface area contributed by atoms with Gasteiger partial charge in [-0.2, -0.15) is 0 Å². The number of carboxylic acids is 1. The van der Waals surface area contributed by atoms with E-state index in [0.29, 0.717) is 30.8 Å². The molecule has 0 amide bonds. The summed E-state index contributed by atoms with van der Waals surface area (Å²) in [7, 11) is -2.88. The van der Waals surface area contributed by atoms with Crippen molar-refractivity contribution in [3.8, 4) is 0 Å². The Kier molecular flexibility index (Phi) is 10.4. The van der Waals surface area contributed by atoms with Crippen molar-refractivity contribution in [3.05, 3.63) is 41.5 Å². The van der Waals surface area contributed by atoms with Gasteiger partial charge in [0.15, 0.2) is 15.6 Å². The molecule has 5 aliphatic rings. The lowest BCUT2D eigenvalue weighted by Gasteiger charge is -2.68. The zero-order valence-electron chi connectivity index (χ0n) is 32.8. The highest BCUT2D eigenvalue weighted by atomic mass is 32.2. The van der Waals surface area contributed by atoms with Crippen molar-refractivity contribution >= 4 is 27.2 Å². The van der Waals surface area contributed by atoms with Gasteiger partial charge in [-0.15, -0.1) is 0 Å². The SMILES string of the molecule is CC(C)[C@@H]1CC[C@@](CC[C@]2(C)[C@@H](C)CC[C@@H]3[C@@]4(C)C(=O)C=C(c5ccc(C(=O)O)cc5)C(C)(C)[C@@H]4CC[C@]32C)(NCCN2CCS(=O)(=O)CC2)C1. The summed E-state index contributed by atoms with van der Waals surface area (Å²) in [5.74, 6) is 2.35. The Hall–Kier alpha value is -2.03. The smallest absolute Gasteiger partial charge is 0.335 e. The van der Waals surface area contributed by atoms with E-state index in [9.17, 15) is 23.1 Å². The molecule has 4 aliphatic carbocycles. The van der Waals surface area contributed by atoms with E-state index in [4.69, 9.17) is 0 Å². The Labute approximate surface area is 308 Å². The number of fused-ring (bicyclic) bond motifs is 3. The van der Waals surface area contributed by atoms with E-state index in [1.807, 2.05) is 18.2 Å². The normalized spacial score (nSPS) is 39.3. The van der Waals surface area contributed by atoms with Crippen LogP contribution in [0.25, 0.3) is 5.57 Å². The van der Waals surface area contributed by atoms with Crippen LogP contribution in [0.2, 0.25) is 0 Å². The summed E-state index contributed by atoms with van der Waals surface area (Å²) >= 11 is 0. The molecule has 3 saturated carbocycles. The molecular weight excluding hydrogens is 657 g/mol. The largest absolute Gasteiger partial charge is 0.478 e. The second-order valence-electron chi connectivity index (χ2n) is 19.2. The minimum atomic E-state index is -2.88. The van der Waals surface area contributed by atoms with E-state index in [2.05, 4.69) is 65.6 Å². The highest BCUT2D eigenvalue weighted by Crippen LogP contribution is 2.72. The molecule has 0 aromatic heterocycles. The van der Waals surface area contributed by atoms with Crippen LogP contribution in [-0.4, -0.2) is 73.4 Å². The van der Waals surface area contributed by atoms with Gasteiger partial charge < -0.3 is 15.3 Å². The Morgan fingerprint density at radius 3 is 2.22 bits per heavy atom. The molecule has 0 unspecified atom stereocenters. The van der Waals surface area contributed by atoms with Crippen molar-refractivity contribution < 1.29 is 23.1 Å². The van der Waals surface area contributed by atoms with Gasteiger partial charge in [0, 0.05) is 37.1 Å². The minimum Gasteiger partial charge on any atom is -0.478 e. The fraction of sp³-hybridized carbons (Fsp3) is 0.767. The molecule has 0 radical (unpaired) electrons. The quantitative estimate of drug-likeness (QED) is 0.251. The highest BCUT2D eigenvalue weighted by Gasteiger charge is 2.67. The van der Waals surface area contributed by atoms with Gasteiger partial charge in [-0.1, -0.05) is 67.5 Å². The highest BCUT2D eigenvalue weighted by molar-refractivity contribution is 7.91. The van der Waals surface area contributed by atoms with Gasteiger partial charge in [0.05, 0.1) is 17.1 Å². The maximum absolute atomic E-state index is 14.7. The predicted molar refractivity (Wildman–Crippen MR) is 206 cm³/mol. The van der Waals surface area contributed by atoms with Crippen LogP contribution in [0.3, 0.4) is 0 Å². The first kappa shape index (κ1) is 38.7. The van der Waals surface area contributed by atoms with Gasteiger partial charge in [0.25, 0.3) is 0 Å². The maximum atomic E-state index is 14.7. The van der Waals surface area contributed by atoms with E-state index >= 15 is 0 Å². The monoisotopic (exact) mass is 722 g/mol. The zero-order chi connectivity index (χ0) is 37.2. The van der Waals surface area contributed by atoms with E-state index in [1.54, 1.807) is 12.1 Å². The first-order valence-electron chi connectivity index (χ1n) is 20.1. The van der Waals surface area contributed by atoms with Crippen molar-refractivity contribution in [2.75, 3.05) is 37.7 Å². The number of hydrogen-bond donors (Lipinski definition) is 2. The number of benzene rings is 1. The molecule has 51 heavy (non-hydrogen) atoms. The topological polar surface area (TPSA) is 104 Å². The van der Waals surface area contributed by atoms with Crippen LogP contribution in [0, 0.1) is 51.2 Å². The third kappa shape index (κ3) is 6.70. The summed E-state index contributed by atoms with van der Waals surface area (Å²) < 4.78 is 24.0. The van der Waals surface area contributed by atoms with Crippen molar-refractivity contribution in [1.82, 2.24) is 10.2 Å². The van der Waals surface area contributed by atoms with Gasteiger partial charge in [0.2, 0.25) is 0 Å². The van der Waals surface area contributed by atoms with Crippen molar-refractivity contribution in [2.45, 2.75) is 119 Å². The second kappa shape index (κ2) is 13.7. The molecular formula is C43H66N2O5S. The van der Waals surface area contributed by atoms with Crippen molar-refractivity contribution in [2.24, 2.45) is 51.2 Å². The summed E-state index contributed by atoms with van der Waals surface area (Å²) in [4.78, 5) is 28.5. The number of aromatic carboxylic acids is 1. The summed E-state index contributed by atoms with van der Waals surface area (Å²) in [6.07, 6.45) is 12.3. The molecule has 6 rings (SSSR count).